The van der Waals surface area contributed by atoms with Gasteiger partial charge in [0.05, 0.1) is 10.6 Å². The van der Waals surface area contributed by atoms with Crippen molar-refractivity contribution in [3.8, 4) is 0 Å². The van der Waals surface area contributed by atoms with E-state index in [2.05, 4.69) is 0 Å². The van der Waals surface area contributed by atoms with E-state index in [1.807, 2.05) is 0 Å². The Morgan fingerprint density at radius 3 is 2.44 bits per heavy atom. The number of Topliss-reactive ketones (excluding diaryl/α,β-unsaturated/α-hetero) is 1. The maximum Gasteiger partial charge on any atom is 0.314 e. The van der Waals surface area contributed by atoms with Crippen LogP contribution in [0, 0.1) is 5.82 Å². The number of hydrogen-bond donors (Lipinski definition) is 0. The van der Waals surface area contributed by atoms with E-state index in [0.717, 1.165) is 6.07 Å². The average Bonchev–Trinajstić information content (AvgIpc) is 2.13. The summed E-state index contributed by atoms with van der Waals surface area (Å²) in [5.41, 5.74) is -0.957. The summed E-state index contributed by atoms with van der Waals surface area (Å²) in [5, 5.41) is -0.0106. The first-order chi connectivity index (χ1) is 8.20. The minimum absolute atomic E-state index is 0.0106. The van der Waals surface area contributed by atoms with Crippen molar-refractivity contribution in [1.82, 2.24) is 0 Å². The van der Waals surface area contributed by atoms with Crippen LogP contribution in [0.2, 0.25) is 5.02 Å². The van der Waals surface area contributed by atoms with Gasteiger partial charge in [0, 0.05) is 0 Å². The first kappa shape index (κ1) is 14.6. The third-order valence-corrected chi connectivity index (χ3v) is 2.28. The summed E-state index contributed by atoms with van der Waals surface area (Å²) in [4.78, 5) is 23.2. The Hall–Kier alpha value is -1.42. The molecule has 3 nitrogen and oxygen atoms in total. The van der Waals surface area contributed by atoms with Gasteiger partial charge in [-0.15, -0.1) is 0 Å². The molecule has 0 saturated carbocycles. The zero-order valence-corrected chi connectivity index (χ0v) is 11.2. The fourth-order valence-electron chi connectivity index (χ4n) is 1.36. The van der Waals surface area contributed by atoms with Crippen LogP contribution in [0.3, 0.4) is 0 Å². The van der Waals surface area contributed by atoms with Crippen LogP contribution in [0.4, 0.5) is 4.39 Å². The topological polar surface area (TPSA) is 43.4 Å². The highest BCUT2D eigenvalue weighted by Gasteiger charge is 2.22. The second-order valence-corrected chi connectivity index (χ2v) is 5.19. The van der Waals surface area contributed by atoms with E-state index >= 15 is 0 Å². The summed E-state index contributed by atoms with van der Waals surface area (Å²) >= 11 is 5.73. The van der Waals surface area contributed by atoms with E-state index < -0.39 is 29.6 Å². The number of hydrogen-bond acceptors (Lipinski definition) is 3. The van der Waals surface area contributed by atoms with E-state index in [4.69, 9.17) is 16.3 Å². The van der Waals surface area contributed by atoms with E-state index in [0.29, 0.717) is 0 Å². The molecule has 0 aliphatic carbocycles. The van der Waals surface area contributed by atoms with E-state index in [1.165, 1.54) is 12.1 Å². The van der Waals surface area contributed by atoms with E-state index in [1.54, 1.807) is 20.8 Å². The van der Waals surface area contributed by atoms with Crippen LogP contribution < -0.4 is 0 Å². The number of ketones is 1. The van der Waals surface area contributed by atoms with Crippen LogP contribution in [0.15, 0.2) is 18.2 Å². The Morgan fingerprint density at radius 1 is 1.33 bits per heavy atom. The molecule has 0 heterocycles. The van der Waals surface area contributed by atoms with Crippen molar-refractivity contribution in [3.63, 3.8) is 0 Å². The van der Waals surface area contributed by atoms with Crippen LogP contribution in [-0.2, 0) is 9.53 Å². The van der Waals surface area contributed by atoms with Gasteiger partial charge in [-0.3, -0.25) is 9.59 Å². The van der Waals surface area contributed by atoms with Gasteiger partial charge in [0.15, 0.2) is 5.78 Å². The second kappa shape index (κ2) is 5.48. The first-order valence-corrected chi connectivity index (χ1v) is 5.77. The number of benzene rings is 1. The molecule has 98 valence electrons. The zero-order valence-electron chi connectivity index (χ0n) is 10.4. The molecular weight excluding hydrogens is 259 g/mol. The lowest BCUT2D eigenvalue weighted by Gasteiger charge is -2.19. The van der Waals surface area contributed by atoms with Crippen LogP contribution in [0.1, 0.15) is 37.6 Å². The molecule has 0 bridgehead atoms. The molecule has 0 atom stereocenters. The number of esters is 1. The van der Waals surface area contributed by atoms with Gasteiger partial charge in [-0.05, 0) is 32.9 Å². The molecule has 1 rings (SSSR count). The largest absolute Gasteiger partial charge is 0.460 e. The summed E-state index contributed by atoms with van der Waals surface area (Å²) in [6, 6.07) is 3.91. The van der Waals surface area contributed by atoms with E-state index in [9.17, 15) is 14.0 Å². The van der Waals surface area contributed by atoms with Crippen molar-refractivity contribution in [2.75, 3.05) is 0 Å². The minimum Gasteiger partial charge on any atom is -0.460 e. The molecule has 0 radical (unpaired) electrons. The molecule has 1 aromatic carbocycles. The van der Waals surface area contributed by atoms with Gasteiger partial charge in [0.1, 0.15) is 17.8 Å². The number of halogens is 2. The molecule has 0 saturated heterocycles. The van der Waals surface area contributed by atoms with Gasteiger partial charge in [-0.2, -0.15) is 0 Å². The van der Waals surface area contributed by atoms with E-state index in [-0.39, 0.29) is 10.6 Å². The molecule has 0 aliphatic heterocycles. The Balaban J connectivity index is 2.81. The Kier molecular flexibility index (Phi) is 4.46. The van der Waals surface area contributed by atoms with Gasteiger partial charge >= 0.3 is 5.97 Å². The molecule has 0 unspecified atom stereocenters. The van der Waals surface area contributed by atoms with Crippen LogP contribution in [0.5, 0.6) is 0 Å². The van der Waals surface area contributed by atoms with Crippen LogP contribution in [0.25, 0.3) is 0 Å². The normalized spacial score (nSPS) is 11.2. The fourth-order valence-corrected chi connectivity index (χ4v) is 1.63. The maximum atomic E-state index is 13.4. The lowest BCUT2D eigenvalue weighted by Crippen LogP contribution is -2.25. The fraction of sp³-hybridized carbons (Fsp3) is 0.385. The standard InChI is InChI=1S/C13H14ClFO3/c1-13(2,3)18-11(17)7-10(16)12-8(14)5-4-6-9(12)15/h4-6H,7H2,1-3H3. The van der Waals surface area contributed by atoms with Crippen molar-refractivity contribution in [2.24, 2.45) is 0 Å². The van der Waals surface area contributed by atoms with Gasteiger partial charge in [-0.25, -0.2) is 4.39 Å². The number of ether oxygens (including phenoxy) is 1. The summed E-state index contributed by atoms with van der Waals surface area (Å²) in [6.45, 7) is 5.06. The molecule has 0 fully saturated rings. The molecular formula is C13H14ClFO3. The third kappa shape index (κ3) is 4.11. The Morgan fingerprint density at radius 2 is 1.94 bits per heavy atom. The lowest BCUT2D eigenvalue weighted by atomic mass is 10.1. The SMILES string of the molecule is CC(C)(C)OC(=O)CC(=O)c1c(F)cccc1Cl. The highest BCUT2D eigenvalue weighted by molar-refractivity contribution is 6.34. The van der Waals surface area contributed by atoms with Crippen molar-refractivity contribution < 1.29 is 18.7 Å². The van der Waals surface area contributed by atoms with Crippen molar-refractivity contribution >= 4 is 23.4 Å². The quantitative estimate of drug-likeness (QED) is 0.481. The Bertz CT molecular complexity index is 457. The summed E-state index contributed by atoms with van der Waals surface area (Å²) < 4.78 is 18.4. The van der Waals surface area contributed by atoms with Gasteiger partial charge in [0.25, 0.3) is 0 Å². The average molecular weight is 273 g/mol. The summed E-state index contributed by atoms with van der Waals surface area (Å²) in [6.07, 6.45) is -0.530. The highest BCUT2D eigenvalue weighted by atomic mass is 35.5. The smallest absolute Gasteiger partial charge is 0.314 e. The second-order valence-electron chi connectivity index (χ2n) is 4.78. The third-order valence-electron chi connectivity index (χ3n) is 1.97. The molecule has 18 heavy (non-hydrogen) atoms. The molecule has 0 aliphatic rings. The van der Waals surface area contributed by atoms with Gasteiger partial charge in [0.2, 0.25) is 0 Å². The molecule has 0 N–H and O–H groups in total. The number of carbonyl (C=O) groups is 2. The summed E-state index contributed by atoms with van der Waals surface area (Å²) in [5.74, 6) is -2.13. The van der Waals surface area contributed by atoms with Crippen molar-refractivity contribution in [1.29, 1.82) is 0 Å². The molecule has 5 heteroatoms. The first-order valence-electron chi connectivity index (χ1n) is 5.40. The molecule has 1 aromatic rings. The van der Waals surface area contributed by atoms with Gasteiger partial charge in [-0.1, -0.05) is 17.7 Å². The molecule has 0 aromatic heterocycles. The van der Waals surface area contributed by atoms with Crippen molar-refractivity contribution in [3.05, 3.63) is 34.6 Å². The minimum atomic E-state index is -0.740. The molecule has 0 amide bonds. The maximum absolute atomic E-state index is 13.4. The van der Waals surface area contributed by atoms with Crippen LogP contribution in [-0.4, -0.2) is 17.4 Å². The highest BCUT2D eigenvalue weighted by Crippen LogP contribution is 2.21. The predicted octanol–water partition coefficient (Wildman–Crippen LogP) is 3.39. The lowest BCUT2D eigenvalue weighted by molar-refractivity contribution is -0.153. The summed E-state index contributed by atoms with van der Waals surface area (Å²) in [7, 11) is 0. The zero-order chi connectivity index (χ0) is 13.9. The van der Waals surface area contributed by atoms with Crippen molar-refractivity contribution in [2.45, 2.75) is 32.8 Å². The monoisotopic (exact) mass is 272 g/mol. The van der Waals surface area contributed by atoms with Gasteiger partial charge < -0.3 is 4.74 Å². The van der Waals surface area contributed by atoms with Crippen LogP contribution >= 0.6 is 11.6 Å². The number of rotatable bonds is 3. The predicted molar refractivity (Wildman–Crippen MR) is 66.2 cm³/mol. The number of carbonyl (C=O) groups excluding carboxylic acids is 2. The Labute approximate surface area is 110 Å². The molecule has 0 spiro atoms.